The number of thiophene rings is 1. The number of hydrogen-bond acceptors (Lipinski definition) is 4. The first-order chi connectivity index (χ1) is 13.2. The van der Waals surface area contributed by atoms with Crippen molar-refractivity contribution in [2.24, 2.45) is 0 Å². The van der Waals surface area contributed by atoms with Crippen LogP contribution in [0.3, 0.4) is 0 Å². The highest BCUT2D eigenvalue weighted by Crippen LogP contribution is 2.27. The molecule has 3 nitrogen and oxygen atoms in total. The zero-order chi connectivity index (χ0) is 18.6. The number of thioether (sulfide) groups is 1. The molecular weight excluding hydrogens is 396 g/mol. The summed E-state index contributed by atoms with van der Waals surface area (Å²) >= 11 is 9.28. The normalized spacial score (nSPS) is 11.1. The molecule has 0 bridgehead atoms. The summed E-state index contributed by atoms with van der Waals surface area (Å²) in [5, 5.41) is 3.39. The van der Waals surface area contributed by atoms with E-state index in [0.29, 0.717) is 17.0 Å². The molecular formula is C21H17ClN2OS2. The number of aryl methyl sites for hydroxylation is 1. The van der Waals surface area contributed by atoms with Gasteiger partial charge in [-0.05, 0) is 35.1 Å². The molecule has 0 saturated carbocycles. The van der Waals surface area contributed by atoms with Crippen LogP contribution in [-0.4, -0.2) is 9.55 Å². The Balaban J connectivity index is 1.65. The Morgan fingerprint density at radius 3 is 2.63 bits per heavy atom. The molecule has 0 aliphatic heterocycles. The molecule has 0 N–H and O–H groups in total. The summed E-state index contributed by atoms with van der Waals surface area (Å²) in [7, 11) is 0. The highest BCUT2D eigenvalue weighted by Gasteiger charge is 2.13. The van der Waals surface area contributed by atoms with Crippen molar-refractivity contribution in [3.8, 4) is 0 Å². The zero-order valence-corrected chi connectivity index (χ0v) is 16.9. The number of aromatic nitrogens is 2. The van der Waals surface area contributed by atoms with Gasteiger partial charge in [-0.15, -0.1) is 11.3 Å². The lowest BCUT2D eigenvalue weighted by molar-refractivity contribution is 0.596. The minimum absolute atomic E-state index is 0.0348. The Morgan fingerprint density at radius 1 is 1.04 bits per heavy atom. The second kappa shape index (κ2) is 8.30. The summed E-state index contributed by atoms with van der Waals surface area (Å²) in [5.41, 5.74) is 3.05. The van der Waals surface area contributed by atoms with Crippen molar-refractivity contribution in [3.63, 3.8) is 0 Å². The molecule has 136 valence electrons. The number of nitrogens with zero attached hydrogens (tertiary/aromatic N) is 2. The van der Waals surface area contributed by atoms with E-state index in [9.17, 15) is 4.79 Å². The van der Waals surface area contributed by atoms with E-state index in [4.69, 9.17) is 16.6 Å². The van der Waals surface area contributed by atoms with Crippen LogP contribution in [0.5, 0.6) is 0 Å². The van der Waals surface area contributed by atoms with Crippen molar-refractivity contribution in [1.82, 2.24) is 9.55 Å². The van der Waals surface area contributed by atoms with Crippen LogP contribution in [0.25, 0.3) is 10.2 Å². The first-order valence-electron chi connectivity index (χ1n) is 8.60. The van der Waals surface area contributed by atoms with Gasteiger partial charge >= 0.3 is 0 Å². The maximum atomic E-state index is 13.0. The second-order valence-electron chi connectivity index (χ2n) is 6.10. The average molecular weight is 413 g/mol. The van der Waals surface area contributed by atoms with Crippen molar-refractivity contribution in [3.05, 3.63) is 92.5 Å². The Kier molecular flexibility index (Phi) is 5.62. The largest absolute Gasteiger partial charge is 0.286 e. The van der Waals surface area contributed by atoms with E-state index in [0.717, 1.165) is 27.7 Å². The molecule has 0 radical (unpaired) electrons. The van der Waals surface area contributed by atoms with Gasteiger partial charge in [0.1, 0.15) is 4.70 Å². The average Bonchev–Trinajstić information content (AvgIpc) is 3.16. The maximum absolute atomic E-state index is 13.0. The fourth-order valence-electron chi connectivity index (χ4n) is 2.87. The van der Waals surface area contributed by atoms with E-state index in [1.54, 1.807) is 16.3 Å². The second-order valence-corrected chi connectivity index (χ2v) is 8.37. The van der Waals surface area contributed by atoms with Crippen LogP contribution in [0.15, 0.2) is 76.0 Å². The molecule has 0 spiro atoms. The van der Waals surface area contributed by atoms with Gasteiger partial charge in [0, 0.05) is 17.3 Å². The number of benzene rings is 2. The van der Waals surface area contributed by atoms with Crippen LogP contribution in [0.4, 0.5) is 0 Å². The third kappa shape index (κ3) is 4.10. The molecule has 27 heavy (non-hydrogen) atoms. The Hall–Kier alpha value is -2.08. The Morgan fingerprint density at radius 2 is 1.81 bits per heavy atom. The van der Waals surface area contributed by atoms with Gasteiger partial charge in [-0.25, -0.2) is 4.98 Å². The van der Waals surface area contributed by atoms with E-state index < -0.39 is 0 Å². The predicted octanol–water partition coefficient (Wildman–Crippen LogP) is 5.65. The summed E-state index contributed by atoms with van der Waals surface area (Å²) in [6.07, 6.45) is 0.791. The van der Waals surface area contributed by atoms with Gasteiger partial charge in [0.05, 0.1) is 5.52 Å². The highest BCUT2D eigenvalue weighted by molar-refractivity contribution is 7.98. The lowest BCUT2D eigenvalue weighted by atomic mass is 10.1. The first kappa shape index (κ1) is 18.3. The minimum atomic E-state index is 0.0348. The molecule has 0 aliphatic rings. The molecule has 2 aromatic carbocycles. The van der Waals surface area contributed by atoms with Gasteiger partial charge < -0.3 is 0 Å². The van der Waals surface area contributed by atoms with Crippen LogP contribution in [0.1, 0.15) is 11.1 Å². The molecule has 4 aromatic rings. The minimum Gasteiger partial charge on any atom is -0.286 e. The lowest BCUT2D eigenvalue weighted by Crippen LogP contribution is -2.23. The fourth-order valence-corrected chi connectivity index (χ4v) is 4.96. The maximum Gasteiger partial charge on any atom is 0.272 e. The molecule has 0 unspecified atom stereocenters. The topological polar surface area (TPSA) is 34.9 Å². The van der Waals surface area contributed by atoms with E-state index in [1.165, 1.54) is 16.9 Å². The van der Waals surface area contributed by atoms with Crippen molar-refractivity contribution in [2.75, 3.05) is 0 Å². The molecule has 2 aromatic heterocycles. The molecule has 6 heteroatoms. The molecule has 2 heterocycles. The summed E-state index contributed by atoms with van der Waals surface area (Å²) in [6.45, 7) is 0.606. The van der Waals surface area contributed by atoms with E-state index in [1.807, 2.05) is 53.9 Å². The van der Waals surface area contributed by atoms with Gasteiger partial charge in [-0.3, -0.25) is 9.36 Å². The van der Waals surface area contributed by atoms with Gasteiger partial charge in [-0.1, -0.05) is 71.9 Å². The van der Waals surface area contributed by atoms with Crippen LogP contribution in [0, 0.1) is 0 Å². The fraction of sp³-hybridized carbons (Fsp3) is 0.143. The monoisotopic (exact) mass is 412 g/mol. The van der Waals surface area contributed by atoms with Crippen molar-refractivity contribution < 1.29 is 0 Å². The van der Waals surface area contributed by atoms with Crippen LogP contribution < -0.4 is 5.56 Å². The molecule has 4 rings (SSSR count). The lowest BCUT2D eigenvalue weighted by Gasteiger charge is -2.12. The Bertz CT molecular complexity index is 1120. The third-order valence-corrected chi connectivity index (χ3v) is 6.60. The van der Waals surface area contributed by atoms with Gasteiger partial charge in [0.15, 0.2) is 5.16 Å². The van der Waals surface area contributed by atoms with E-state index in [-0.39, 0.29) is 5.56 Å². The summed E-state index contributed by atoms with van der Waals surface area (Å²) in [5.74, 6) is 0.674. The van der Waals surface area contributed by atoms with E-state index in [2.05, 4.69) is 12.1 Å². The van der Waals surface area contributed by atoms with Gasteiger partial charge in [0.25, 0.3) is 5.56 Å². The van der Waals surface area contributed by atoms with Crippen molar-refractivity contribution in [1.29, 1.82) is 0 Å². The standard InChI is InChI=1S/C21H17ClN2OS2/c22-17-9-5-4-8-16(17)14-27-21-23-18-11-13-26-19(18)20(25)24(21)12-10-15-6-2-1-3-7-15/h1-9,11,13H,10,12,14H2. The number of rotatable bonds is 6. The van der Waals surface area contributed by atoms with Gasteiger partial charge in [0.2, 0.25) is 0 Å². The SMILES string of the molecule is O=c1c2sccc2nc(SCc2ccccc2Cl)n1CCc1ccccc1. The molecule has 0 atom stereocenters. The summed E-state index contributed by atoms with van der Waals surface area (Å²) < 4.78 is 2.51. The Labute approximate surface area is 170 Å². The van der Waals surface area contributed by atoms with Gasteiger partial charge in [-0.2, -0.15) is 0 Å². The van der Waals surface area contributed by atoms with Crippen molar-refractivity contribution in [2.45, 2.75) is 23.9 Å². The smallest absolute Gasteiger partial charge is 0.272 e. The number of fused-ring (bicyclic) bond motifs is 1. The molecule has 0 aliphatic carbocycles. The third-order valence-electron chi connectivity index (χ3n) is 4.31. The van der Waals surface area contributed by atoms with Crippen LogP contribution in [0.2, 0.25) is 5.02 Å². The van der Waals surface area contributed by atoms with Crippen LogP contribution in [-0.2, 0) is 18.7 Å². The molecule has 0 amide bonds. The summed E-state index contributed by atoms with van der Waals surface area (Å²) in [6, 6.07) is 19.9. The number of halogens is 1. The summed E-state index contributed by atoms with van der Waals surface area (Å²) in [4.78, 5) is 17.8. The van der Waals surface area contributed by atoms with Crippen LogP contribution >= 0.6 is 34.7 Å². The predicted molar refractivity (Wildman–Crippen MR) is 115 cm³/mol. The van der Waals surface area contributed by atoms with E-state index >= 15 is 0 Å². The molecule has 0 fully saturated rings. The zero-order valence-electron chi connectivity index (χ0n) is 14.5. The number of hydrogen-bond donors (Lipinski definition) is 0. The quantitative estimate of drug-likeness (QED) is 0.303. The molecule has 0 saturated heterocycles. The van der Waals surface area contributed by atoms with Crippen molar-refractivity contribution >= 4 is 44.9 Å². The highest BCUT2D eigenvalue weighted by atomic mass is 35.5. The first-order valence-corrected chi connectivity index (χ1v) is 10.8.